The summed E-state index contributed by atoms with van der Waals surface area (Å²) in [5, 5.41) is 13.2. The lowest BCUT2D eigenvalue weighted by Gasteiger charge is -2.33. The van der Waals surface area contributed by atoms with Gasteiger partial charge < -0.3 is 25.8 Å². The molecular weight excluding hydrogens is 518 g/mol. The molecule has 0 bridgehead atoms. The number of nitrogens with zero attached hydrogens (tertiary/aromatic N) is 3. The lowest BCUT2D eigenvalue weighted by atomic mass is 9.81. The van der Waals surface area contributed by atoms with Gasteiger partial charge >= 0.3 is 5.97 Å². The third kappa shape index (κ3) is 6.66. The number of nitrogen functional groups attached to an aromatic ring is 1. The number of aromatic nitrogens is 2. The molecule has 1 fully saturated rings. The number of rotatable bonds is 10. The summed E-state index contributed by atoms with van der Waals surface area (Å²) in [7, 11) is 4.00. The van der Waals surface area contributed by atoms with Crippen molar-refractivity contribution < 1.29 is 19.4 Å². The Balaban J connectivity index is 1.73. The highest BCUT2D eigenvalue weighted by molar-refractivity contribution is 6.32. The molecule has 0 radical (unpaired) electrons. The Labute approximate surface area is 233 Å². The van der Waals surface area contributed by atoms with Crippen LogP contribution in [-0.2, 0) is 4.79 Å². The number of carbonyl (C=O) groups excluding carboxylic acids is 1. The van der Waals surface area contributed by atoms with Gasteiger partial charge in [-0.25, -0.2) is 9.78 Å². The molecule has 1 aromatic carbocycles. The van der Waals surface area contributed by atoms with E-state index < -0.39 is 17.4 Å². The predicted molar refractivity (Wildman–Crippen MR) is 152 cm³/mol. The molecule has 2 aromatic heterocycles. The van der Waals surface area contributed by atoms with Gasteiger partial charge in [-0.3, -0.25) is 9.78 Å². The number of amides is 1. The predicted octanol–water partition coefficient (Wildman–Crippen LogP) is 4.89. The van der Waals surface area contributed by atoms with E-state index in [4.69, 9.17) is 27.1 Å². The molecule has 39 heavy (non-hydrogen) atoms. The van der Waals surface area contributed by atoms with E-state index >= 15 is 0 Å². The van der Waals surface area contributed by atoms with Crippen molar-refractivity contribution in [2.75, 3.05) is 33.0 Å². The van der Waals surface area contributed by atoms with Gasteiger partial charge in [0.15, 0.2) is 0 Å². The van der Waals surface area contributed by atoms with E-state index in [-0.39, 0.29) is 5.69 Å². The molecule has 1 aliphatic carbocycles. The third-order valence-corrected chi connectivity index (χ3v) is 7.22. The number of anilines is 1. The van der Waals surface area contributed by atoms with E-state index in [0.717, 1.165) is 32.2 Å². The average Bonchev–Trinajstić information content (AvgIpc) is 2.92. The van der Waals surface area contributed by atoms with E-state index in [1.807, 2.05) is 14.1 Å². The van der Waals surface area contributed by atoms with Gasteiger partial charge in [0, 0.05) is 23.9 Å². The standard InChI is InChI=1S/C29H34ClN5O4/c1-35(2)16-7-17-39-24-18-19(9-11-21(24)30)25-20(26-22(31)8-6-15-32-26)10-12-23(33-25)27(36)34-29(28(37)38)13-4-3-5-14-29/h6,8-12,15,18H,3-5,7,13-14,16-17,31H2,1-2H3,(H,34,36)(H,37,38). The van der Waals surface area contributed by atoms with E-state index in [2.05, 4.69) is 15.2 Å². The van der Waals surface area contributed by atoms with Crippen LogP contribution in [0.2, 0.25) is 5.02 Å². The smallest absolute Gasteiger partial charge is 0.329 e. The zero-order valence-corrected chi connectivity index (χ0v) is 23.0. The maximum absolute atomic E-state index is 13.3. The van der Waals surface area contributed by atoms with Crippen molar-refractivity contribution in [2.45, 2.75) is 44.1 Å². The summed E-state index contributed by atoms with van der Waals surface area (Å²) >= 11 is 6.43. The molecule has 1 aliphatic rings. The van der Waals surface area contributed by atoms with Crippen LogP contribution in [0.25, 0.3) is 22.5 Å². The number of benzene rings is 1. The van der Waals surface area contributed by atoms with E-state index in [1.54, 1.807) is 48.7 Å². The normalized spacial score (nSPS) is 14.7. The number of nitrogens with one attached hydrogen (secondary N) is 1. The SMILES string of the molecule is CN(C)CCCOc1cc(-c2nc(C(=O)NC3(C(=O)O)CCCCC3)ccc2-c2ncccc2N)ccc1Cl. The second-order valence-electron chi connectivity index (χ2n) is 10.1. The van der Waals surface area contributed by atoms with E-state index in [1.165, 1.54) is 0 Å². The van der Waals surface area contributed by atoms with Gasteiger partial charge in [-0.15, -0.1) is 0 Å². The van der Waals surface area contributed by atoms with Crippen molar-refractivity contribution in [3.8, 4) is 28.3 Å². The van der Waals surface area contributed by atoms with Crippen LogP contribution in [0, 0.1) is 0 Å². The highest BCUT2D eigenvalue weighted by Crippen LogP contribution is 2.37. The fourth-order valence-electron chi connectivity index (χ4n) is 4.79. The summed E-state index contributed by atoms with van der Waals surface area (Å²) in [4.78, 5) is 36.7. The minimum absolute atomic E-state index is 0.0952. The Bertz CT molecular complexity index is 1340. The van der Waals surface area contributed by atoms with Crippen molar-refractivity contribution in [3.63, 3.8) is 0 Å². The number of carboxylic acids is 1. The maximum atomic E-state index is 13.3. The summed E-state index contributed by atoms with van der Waals surface area (Å²) in [5.41, 5.74) is 7.75. The molecule has 10 heteroatoms. The molecule has 1 saturated carbocycles. The largest absolute Gasteiger partial charge is 0.492 e. The van der Waals surface area contributed by atoms with Crippen molar-refractivity contribution in [1.82, 2.24) is 20.2 Å². The van der Waals surface area contributed by atoms with Crippen molar-refractivity contribution >= 4 is 29.2 Å². The number of halogens is 1. The van der Waals surface area contributed by atoms with E-state index in [0.29, 0.717) is 58.4 Å². The van der Waals surface area contributed by atoms with Crippen LogP contribution in [0.5, 0.6) is 5.75 Å². The van der Waals surface area contributed by atoms with E-state index in [9.17, 15) is 14.7 Å². The summed E-state index contributed by atoms with van der Waals surface area (Å²) in [5.74, 6) is -1.07. The van der Waals surface area contributed by atoms with Gasteiger partial charge in [0.05, 0.1) is 28.7 Å². The van der Waals surface area contributed by atoms with Gasteiger partial charge in [0.2, 0.25) is 0 Å². The monoisotopic (exact) mass is 551 g/mol. The zero-order valence-electron chi connectivity index (χ0n) is 22.2. The molecule has 9 nitrogen and oxygen atoms in total. The number of aliphatic carboxylic acids is 1. The first-order chi connectivity index (χ1) is 18.7. The second-order valence-corrected chi connectivity index (χ2v) is 10.5. The molecule has 0 unspecified atom stereocenters. The zero-order chi connectivity index (χ0) is 28.0. The minimum Gasteiger partial charge on any atom is -0.492 e. The van der Waals surface area contributed by atoms with Crippen LogP contribution < -0.4 is 15.8 Å². The van der Waals surface area contributed by atoms with Crippen LogP contribution in [-0.4, -0.2) is 64.6 Å². The fraction of sp³-hybridized carbons (Fsp3) is 0.379. The minimum atomic E-state index is -1.30. The first kappa shape index (κ1) is 28.3. The summed E-state index contributed by atoms with van der Waals surface area (Å²) in [6.45, 7) is 1.35. The molecule has 4 rings (SSSR count). The molecular formula is C29H34ClN5O4. The lowest BCUT2D eigenvalue weighted by Crippen LogP contribution is -2.55. The van der Waals surface area contributed by atoms with Gasteiger partial charge in [-0.1, -0.05) is 36.9 Å². The van der Waals surface area contributed by atoms with Crippen LogP contribution in [0.1, 0.15) is 49.0 Å². The van der Waals surface area contributed by atoms with Crippen molar-refractivity contribution in [3.05, 3.63) is 59.4 Å². The quantitative estimate of drug-likeness (QED) is 0.303. The van der Waals surface area contributed by atoms with Gasteiger partial charge in [-0.05, 0) is 69.8 Å². The number of nitrogens with two attached hydrogens (primary N) is 1. The molecule has 1 amide bonds. The molecule has 3 aromatic rings. The Morgan fingerprint density at radius 1 is 1.13 bits per heavy atom. The topological polar surface area (TPSA) is 131 Å². The third-order valence-electron chi connectivity index (χ3n) is 6.90. The van der Waals surface area contributed by atoms with Crippen LogP contribution in [0.15, 0.2) is 48.7 Å². The van der Waals surface area contributed by atoms with Gasteiger partial charge in [0.25, 0.3) is 5.91 Å². The molecule has 0 aliphatic heterocycles. The highest BCUT2D eigenvalue weighted by Gasteiger charge is 2.41. The Morgan fingerprint density at radius 2 is 1.90 bits per heavy atom. The Morgan fingerprint density at radius 3 is 2.59 bits per heavy atom. The number of carbonyl (C=O) groups is 2. The molecule has 0 spiro atoms. The highest BCUT2D eigenvalue weighted by atomic mass is 35.5. The lowest BCUT2D eigenvalue weighted by molar-refractivity contribution is -0.145. The Kier molecular flexibility index (Phi) is 9.04. The average molecular weight is 552 g/mol. The van der Waals surface area contributed by atoms with Crippen molar-refractivity contribution in [2.24, 2.45) is 0 Å². The number of hydrogen-bond donors (Lipinski definition) is 3. The van der Waals surface area contributed by atoms with Crippen LogP contribution in [0.4, 0.5) is 5.69 Å². The first-order valence-electron chi connectivity index (χ1n) is 13.1. The summed E-state index contributed by atoms with van der Waals surface area (Å²) < 4.78 is 5.97. The fourth-order valence-corrected chi connectivity index (χ4v) is 4.96. The number of pyridine rings is 2. The number of ether oxygens (including phenoxy) is 1. The van der Waals surface area contributed by atoms with Crippen molar-refractivity contribution in [1.29, 1.82) is 0 Å². The molecule has 2 heterocycles. The Hall–Kier alpha value is -3.69. The molecule has 4 N–H and O–H groups in total. The molecule has 0 saturated heterocycles. The maximum Gasteiger partial charge on any atom is 0.329 e. The van der Waals surface area contributed by atoms with Crippen LogP contribution >= 0.6 is 11.6 Å². The number of carboxylic acid groups (broad SMARTS) is 1. The molecule has 0 atom stereocenters. The summed E-state index contributed by atoms with van der Waals surface area (Å²) in [6, 6.07) is 12.1. The van der Waals surface area contributed by atoms with Crippen LogP contribution in [0.3, 0.4) is 0 Å². The molecule has 206 valence electrons. The number of hydrogen-bond acceptors (Lipinski definition) is 7. The summed E-state index contributed by atoms with van der Waals surface area (Å²) in [6.07, 6.45) is 5.66. The van der Waals surface area contributed by atoms with Gasteiger partial charge in [0.1, 0.15) is 17.0 Å². The first-order valence-corrected chi connectivity index (χ1v) is 13.4. The second kappa shape index (κ2) is 12.4. The van der Waals surface area contributed by atoms with Gasteiger partial charge in [-0.2, -0.15) is 0 Å².